The molecule has 0 saturated heterocycles. The lowest BCUT2D eigenvalue weighted by Gasteiger charge is -2.05. The molecule has 0 atom stereocenters. The SMILES string of the molecule is CCOC(=O)c1cc(Cn2nnc(C(F)(F)F)n2)nn1CC(F)F. The molecule has 0 amide bonds. The van der Waals surface area contributed by atoms with E-state index in [1.807, 2.05) is 0 Å². The first-order valence-corrected chi connectivity index (χ1v) is 6.57. The molecule has 0 saturated carbocycles. The molecular weight excluding hydrogens is 343 g/mol. The number of ether oxygens (including phenoxy) is 1. The molecule has 0 aliphatic carbocycles. The Bertz CT molecular complexity index is 710. The van der Waals surface area contributed by atoms with E-state index < -0.39 is 30.9 Å². The van der Waals surface area contributed by atoms with Crippen LogP contribution in [0.3, 0.4) is 0 Å². The predicted octanol–water partition coefficient (Wildman–Crippen LogP) is 1.38. The first-order valence-electron chi connectivity index (χ1n) is 6.57. The van der Waals surface area contributed by atoms with Crippen LogP contribution in [0.4, 0.5) is 22.0 Å². The molecule has 0 aliphatic rings. The fourth-order valence-electron chi connectivity index (χ4n) is 1.76. The van der Waals surface area contributed by atoms with Crippen LogP contribution in [0.2, 0.25) is 0 Å². The van der Waals surface area contributed by atoms with Crippen molar-refractivity contribution < 1.29 is 31.5 Å². The molecule has 0 N–H and O–H groups in total. The summed E-state index contributed by atoms with van der Waals surface area (Å²) in [6.45, 7) is 0.302. The van der Waals surface area contributed by atoms with Crippen molar-refractivity contribution in [2.45, 2.75) is 32.6 Å². The molecule has 13 heteroatoms. The maximum Gasteiger partial charge on any atom is 0.455 e. The Hall–Kier alpha value is -2.60. The molecule has 0 fully saturated rings. The van der Waals surface area contributed by atoms with E-state index in [9.17, 15) is 26.7 Å². The van der Waals surface area contributed by atoms with E-state index in [0.717, 1.165) is 10.7 Å². The van der Waals surface area contributed by atoms with Crippen LogP contribution in [0.1, 0.15) is 28.9 Å². The van der Waals surface area contributed by atoms with E-state index >= 15 is 0 Å². The third kappa shape index (κ3) is 4.23. The van der Waals surface area contributed by atoms with Gasteiger partial charge < -0.3 is 4.74 Å². The molecule has 24 heavy (non-hydrogen) atoms. The van der Waals surface area contributed by atoms with E-state index in [1.165, 1.54) is 6.92 Å². The van der Waals surface area contributed by atoms with Crippen LogP contribution in [0.15, 0.2) is 6.07 Å². The number of hydrogen-bond acceptors (Lipinski definition) is 6. The smallest absolute Gasteiger partial charge is 0.455 e. The number of alkyl halides is 5. The topological polar surface area (TPSA) is 87.7 Å². The number of rotatable bonds is 6. The molecule has 0 aromatic carbocycles. The molecule has 0 bridgehead atoms. The van der Waals surface area contributed by atoms with Crippen LogP contribution < -0.4 is 0 Å². The van der Waals surface area contributed by atoms with Gasteiger partial charge in [-0.3, -0.25) is 4.68 Å². The zero-order valence-corrected chi connectivity index (χ0v) is 12.2. The summed E-state index contributed by atoms with van der Waals surface area (Å²) >= 11 is 0. The Balaban J connectivity index is 2.24. The van der Waals surface area contributed by atoms with Crippen molar-refractivity contribution in [1.82, 2.24) is 30.0 Å². The summed E-state index contributed by atoms with van der Waals surface area (Å²) in [5, 5.41) is 12.9. The zero-order chi connectivity index (χ0) is 17.9. The summed E-state index contributed by atoms with van der Waals surface area (Å²) in [6.07, 6.45) is -7.55. The molecule has 2 aromatic heterocycles. The fourth-order valence-corrected chi connectivity index (χ4v) is 1.76. The van der Waals surface area contributed by atoms with Crippen molar-refractivity contribution in [1.29, 1.82) is 0 Å². The van der Waals surface area contributed by atoms with Crippen molar-refractivity contribution in [3.8, 4) is 0 Å². The van der Waals surface area contributed by atoms with E-state index in [1.54, 1.807) is 0 Å². The van der Waals surface area contributed by atoms with E-state index in [-0.39, 0.29) is 24.5 Å². The molecule has 132 valence electrons. The number of carbonyl (C=O) groups excluding carboxylic acids is 1. The van der Waals surface area contributed by atoms with Crippen molar-refractivity contribution >= 4 is 5.97 Å². The molecule has 2 rings (SSSR count). The average molecular weight is 354 g/mol. The third-order valence-electron chi connectivity index (χ3n) is 2.64. The lowest BCUT2D eigenvalue weighted by Crippen LogP contribution is -2.17. The number of esters is 1. The summed E-state index contributed by atoms with van der Waals surface area (Å²) in [6, 6.07) is 1.12. The van der Waals surface area contributed by atoms with E-state index in [0.29, 0.717) is 4.80 Å². The highest BCUT2D eigenvalue weighted by Crippen LogP contribution is 2.24. The highest BCUT2D eigenvalue weighted by atomic mass is 19.4. The van der Waals surface area contributed by atoms with Gasteiger partial charge in [0.25, 0.3) is 12.2 Å². The lowest BCUT2D eigenvalue weighted by atomic mass is 10.3. The number of aromatic nitrogens is 6. The van der Waals surface area contributed by atoms with Crippen molar-refractivity contribution in [3.63, 3.8) is 0 Å². The monoisotopic (exact) mass is 354 g/mol. The van der Waals surface area contributed by atoms with Gasteiger partial charge in [-0.2, -0.15) is 23.1 Å². The summed E-state index contributed by atoms with van der Waals surface area (Å²) < 4.78 is 67.7. The Morgan fingerprint density at radius 3 is 2.58 bits per heavy atom. The quantitative estimate of drug-likeness (QED) is 0.575. The maximum atomic E-state index is 12.5. The summed E-state index contributed by atoms with van der Waals surface area (Å²) in [5.41, 5.74) is -0.242. The number of tetrazole rings is 1. The number of hydrogen-bond donors (Lipinski definition) is 0. The molecule has 0 radical (unpaired) electrons. The lowest BCUT2D eigenvalue weighted by molar-refractivity contribution is -0.145. The zero-order valence-electron chi connectivity index (χ0n) is 12.2. The van der Waals surface area contributed by atoms with Gasteiger partial charge >= 0.3 is 12.1 Å². The van der Waals surface area contributed by atoms with Gasteiger partial charge in [0.15, 0.2) is 0 Å². The highest BCUT2D eigenvalue weighted by Gasteiger charge is 2.36. The predicted molar refractivity (Wildman–Crippen MR) is 66.1 cm³/mol. The highest BCUT2D eigenvalue weighted by molar-refractivity contribution is 5.87. The largest absolute Gasteiger partial charge is 0.461 e. The van der Waals surface area contributed by atoms with Gasteiger partial charge in [0, 0.05) is 0 Å². The fraction of sp³-hybridized carbons (Fsp3) is 0.545. The van der Waals surface area contributed by atoms with Crippen LogP contribution in [0, 0.1) is 0 Å². The summed E-state index contributed by atoms with van der Waals surface area (Å²) in [5.74, 6) is -2.32. The van der Waals surface area contributed by atoms with Gasteiger partial charge in [-0.25, -0.2) is 13.6 Å². The van der Waals surface area contributed by atoms with Crippen LogP contribution in [0.25, 0.3) is 0 Å². The van der Waals surface area contributed by atoms with Crippen LogP contribution in [-0.2, 0) is 24.0 Å². The Morgan fingerprint density at radius 2 is 2.04 bits per heavy atom. The maximum absolute atomic E-state index is 12.5. The van der Waals surface area contributed by atoms with Crippen LogP contribution in [0.5, 0.6) is 0 Å². The molecule has 0 aliphatic heterocycles. The number of nitrogens with zero attached hydrogens (tertiary/aromatic N) is 6. The van der Waals surface area contributed by atoms with Gasteiger partial charge in [-0.05, 0) is 18.2 Å². The van der Waals surface area contributed by atoms with Gasteiger partial charge in [-0.15, -0.1) is 10.2 Å². The van der Waals surface area contributed by atoms with Crippen molar-refractivity contribution in [2.75, 3.05) is 6.61 Å². The van der Waals surface area contributed by atoms with E-state index in [4.69, 9.17) is 4.74 Å². The Labute approximate surface area is 131 Å². The summed E-state index contributed by atoms with van der Waals surface area (Å²) in [7, 11) is 0. The second-order valence-electron chi connectivity index (χ2n) is 4.46. The molecular formula is C11H11F5N6O2. The van der Waals surface area contributed by atoms with Crippen molar-refractivity contribution in [2.24, 2.45) is 0 Å². The minimum atomic E-state index is -4.76. The first-order chi connectivity index (χ1) is 11.2. The molecule has 0 spiro atoms. The average Bonchev–Trinajstić information content (AvgIpc) is 3.05. The molecule has 2 aromatic rings. The first kappa shape index (κ1) is 17.7. The Morgan fingerprint density at radius 1 is 1.33 bits per heavy atom. The van der Waals surface area contributed by atoms with Gasteiger partial charge in [0.1, 0.15) is 18.8 Å². The number of carbonyl (C=O) groups is 1. The van der Waals surface area contributed by atoms with E-state index in [2.05, 4.69) is 20.5 Å². The second kappa shape index (κ2) is 6.88. The minimum Gasteiger partial charge on any atom is -0.461 e. The van der Waals surface area contributed by atoms with Gasteiger partial charge in [0.05, 0.1) is 12.3 Å². The normalized spacial score (nSPS) is 12.0. The third-order valence-corrected chi connectivity index (χ3v) is 2.64. The van der Waals surface area contributed by atoms with Crippen LogP contribution >= 0.6 is 0 Å². The molecule has 8 nitrogen and oxygen atoms in total. The van der Waals surface area contributed by atoms with Gasteiger partial charge in [-0.1, -0.05) is 0 Å². The minimum absolute atomic E-state index is 0.00447. The van der Waals surface area contributed by atoms with Gasteiger partial charge in [0.2, 0.25) is 0 Å². The molecule has 2 heterocycles. The number of halogens is 5. The molecule has 0 unspecified atom stereocenters. The Kier molecular flexibility index (Phi) is 5.09. The standard InChI is InChI=1S/C11H11F5N6O2/c1-2-24-9(23)7-3-6(18-21(7)5-8(12)13)4-22-19-10(17-20-22)11(14,15)16/h3,8H,2,4-5H2,1H3. The van der Waals surface area contributed by atoms with Crippen LogP contribution in [-0.4, -0.2) is 49.0 Å². The van der Waals surface area contributed by atoms with Crippen molar-refractivity contribution in [3.05, 3.63) is 23.3 Å². The second-order valence-corrected chi connectivity index (χ2v) is 4.46. The summed E-state index contributed by atoms with van der Waals surface area (Å²) in [4.78, 5) is 12.3.